The lowest BCUT2D eigenvalue weighted by atomic mass is 9.85. The predicted molar refractivity (Wildman–Crippen MR) is 75.0 cm³/mol. The van der Waals surface area contributed by atoms with E-state index < -0.39 is 0 Å². The van der Waals surface area contributed by atoms with Gasteiger partial charge in [-0.05, 0) is 43.9 Å². The summed E-state index contributed by atoms with van der Waals surface area (Å²) in [6.07, 6.45) is 5.13. The second kappa shape index (κ2) is 5.66. The summed E-state index contributed by atoms with van der Waals surface area (Å²) in [7, 11) is 0. The SMILES string of the molecule is CCCc1cccc(C(=O)C2(CC)CCCN2)c1. The molecule has 1 aliphatic rings. The molecule has 1 aromatic carbocycles. The molecule has 0 aromatic heterocycles. The van der Waals surface area contributed by atoms with Crippen LogP contribution in [-0.4, -0.2) is 17.9 Å². The van der Waals surface area contributed by atoms with Crippen molar-refractivity contribution in [2.45, 2.75) is 51.5 Å². The first-order chi connectivity index (χ1) is 8.72. The molecule has 1 heterocycles. The molecule has 1 unspecified atom stereocenters. The van der Waals surface area contributed by atoms with E-state index in [1.807, 2.05) is 12.1 Å². The minimum absolute atomic E-state index is 0.278. The Morgan fingerprint density at radius 1 is 1.39 bits per heavy atom. The highest BCUT2D eigenvalue weighted by Crippen LogP contribution is 2.27. The predicted octanol–water partition coefficient (Wildman–Crippen LogP) is 3.35. The average Bonchev–Trinajstić information content (AvgIpc) is 2.88. The molecule has 2 heteroatoms. The molecule has 0 saturated carbocycles. The van der Waals surface area contributed by atoms with Crippen LogP contribution in [0.3, 0.4) is 0 Å². The Morgan fingerprint density at radius 3 is 2.83 bits per heavy atom. The van der Waals surface area contributed by atoms with Crippen molar-refractivity contribution >= 4 is 5.78 Å². The van der Waals surface area contributed by atoms with E-state index >= 15 is 0 Å². The van der Waals surface area contributed by atoms with Crippen LogP contribution in [0.2, 0.25) is 0 Å². The van der Waals surface area contributed by atoms with Crippen LogP contribution < -0.4 is 5.32 Å². The minimum Gasteiger partial charge on any atom is -0.305 e. The van der Waals surface area contributed by atoms with Gasteiger partial charge in [0.2, 0.25) is 0 Å². The molecule has 1 saturated heterocycles. The van der Waals surface area contributed by atoms with Crippen molar-refractivity contribution < 1.29 is 4.79 Å². The summed E-state index contributed by atoms with van der Waals surface area (Å²) in [4.78, 5) is 12.7. The van der Waals surface area contributed by atoms with Crippen molar-refractivity contribution in [1.29, 1.82) is 0 Å². The first-order valence-corrected chi connectivity index (χ1v) is 7.10. The number of ketones is 1. The molecule has 1 atom stereocenters. The van der Waals surface area contributed by atoms with Gasteiger partial charge in [0.25, 0.3) is 0 Å². The van der Waals surface area contributed by atoms with Crippen molar-refractivity contribution in [3.63, 3.8) is 0 Å². The van der Waals surface area contributed by atoms with E-state index in [4.69, 9.17) is 0 Å². The molecule has 2 nitrogen and oxygen atoms in total. The molecule has 0 amide bonds. The number of carbonyl (C=O) groups excluding carboxylic acids is 1. The number of rotatable bonds is 5. The Balaban J connectivity index is 2.24. The summed E-state index contributed by atoms with van der Waals surface area (Å²) in [5.41, 5.74) is 1.84. The topological polar surface area (TPSA) is 29.1 Å². The molecular formula is C16H23NO. The van der Waals surface area contributed by atoms with Crippen LogP contribution in [0, 0.1) is 0 Å². The van der Waals surface area contributed by atoms with Gasteiger partial charge in [0.05, 0.1) is 5.54 Å². The number of hydrogen-bond acceptors (Lipinski definition) is 2. The largest absolute Gasteiger partial charge is 0.305 e. The van der Waals surface area contributed by atoms with Crippen molar-refractivity contribution in [2.24, 2.45) is 0 Å². The van der Waals surface area contributed by atoms with Crippen molar-refractivity contribution in [2.75, 3.05) is 6.54 Å². The number of nitrogens with one attached hydrogen (secondary N) is 1. The maximum Gasteiger partial charge on any atom is 0.182 e. The van der Waals surface area contributed by atoms with E-state index in [2.05, 4.69) is 31.3 Å². The fraction of sp³-hybridized carbons (Fsp3) is 0.562. The van der Waals surface area contributed by atoms with Gasteiger partial charge in [-0.2, -0.15) is 0 Å². The quantitative estimate of drug-likeness (QED) is 0.806. The van der Waals surface area contributed by atoms with Gasteiger partial charge in [-0.15, -0.1) is 0 Å². The molecule has 0 spiro atoms. The molecule has 0 bridgehead atoms. The van der Waals surface area contributed by atoms with Crippen molar-refractivity contribution in [3.05, 3.63) is 35.4 Å². The highest BCUT2D eigenvalue weighted by atomic mass is 16.1. The first-order valence-electron chi connectivity index (χ1n) is 7.10. The Kier molecular flexibility index (Phi) is 4.18. The number of hydrogen-bond donors (Lipinski definition) is 1. The minimum atomic E-state index is -0.301. The molecule has 1 N–H and O–H groups in total. The van der Waals surface area contributed by atoms with Gasteiger partial charge in [0.15, 0.2) is 5.78 Å². The zero-order valence-electron chi connectivity index (χ0n) is 11.5. The number of aryl methyl sites for hydroxylation is 1. The molecule has 0 aliphatic carbocycles. The monoisotopic (exact) mass is 245 g/mol. The Bertz CT molecular complexity index is 419. The third-order valence-corrected chi connectivity index (χ3v) is 4.01. The number of carbonyl (C=O) groups is 1. The molecule has 1 fully saturated rings. The van der Waals surface area contributed by atoms with Crippen LogP contribution in [0.4, 0.5) is 0 Å². The van der Waals surface area contributed by atoms with Gasteiger partial charge in [-0.3, -0.25) is 4.79 Å². The number of Topliss-reactive ketones (excluding diaryl/α,β-unsaturated/α-hetero) is 1. The summed E-state index contributed by atoms with van der Waals surface area (Å²) in [6.45, 7) is 5.24. The fourth-order valence-corrected chi connectivity index (χ4v) is 2.90. The van der Waals surface area contributed by atoms with Crippen LogP contribution >= 0.6 is 0 Å². The molecule has 98 valence electrons. The number of benzene rings is 1. The van der Waals surface area contributed by atoms with E-state index in [0.717, 1.165) is 44.2 Å². The van der Waals surface area contributed by atoms with Crippen LogP contribution in [0.15, 0.2) is 24.3 Å². The third-order valence-electron chi connectivity index (χ3n) is 4.01. The molecule has 0 radical (unpaired) electrons. The lowest BCUT2D eigenvalue weighted by molar-refractivity contribution is 0.0863. The molecular weight excluding hydrogens is 222 g/mol. The van der Waals surface area contributed by atoms with E-state index in [9.17, 15) is 4.79 Å². The zero-order chi connectivity index (χ0) is 13.0. The van der Waals surface area contributed by atoms with E-state index in [1.165, 1.54) is 5.56 Å². The maximum atomic E-state index is 12.7. The third kappa shape index (κ3) is 2.49. The van der Waals surface area contributed by atoms with E-state index in [0.29, 0.717) is 0 Å². The summed E-state index contributed by atoms with van der Waals surface area (Å²) in [6, 6.07) is 8.15. The summed E-state index contributed by atoms with van der Waals surface area (Å²) in [5.74, 6) is 0.278. The molecule has 1 aliphatic heterocycles. The lowest BCUT2D eigenvalue weighted by Gasteiger charge is -2.26. The van der Waals surface area contributed by atoms with Crippen molar-refractivity contribution in [3.8, 4) is 0 Å². The normalized spacial score (nSPS) is 23.2. The molecule has 2 rings (SSSR count). The first kappa shape index (κ1) is 13.3. The fourth-order valence-electron chi connectivity index (χ4n) is 2.90. The highest BCUT2D eigenvalue weighted by Gasteiger charge is 2.39. The molecule has 18 heavy (non-hydrogen) atoms. The van der Waals surface area contributed by atoms with Crippen molar-refractivity contribution in [1.82, 2.24) is 5.32 Å². The Hall–Kier alpha value is -1.15. The van der Waals surface area contributed by atoms with Gasteiger partial charge < -0.3 is 5.32 Å². The van der Waals surface area contributed by atoms with Gasteiger partial charge in [0, 0.05) is 5.56 Å². The summed E-state index contributed by atoms with van der Waals surface area (Å²) < 4.78 is 0. The van der Waals surface area contributed by atoms with Gasteiger partial charge in [-0.25, -0.2) is 0 Å². The summed E-state index contributed by atoms with van der Waals surface area (Å²) in [5, 5.41) is 3.42. The van der Waals surface area contributed by atoms with Gasteiger partial charge in [0.1, 0.15) is 0 Å². The second-order valence-electron chi connectivity index (χ2n) is 5.25. The maximum absolute atomic E-state index is 12.7. The van der Waals surface area contributed by atoms with Crippen LogP contribution in [0.25, 0.3) is 0 Å². The van der Waals surface area contributed by atoms with E-state index in [-0.39, 0.29) is 11.3 Å². The Labute approximate surface area is 110 Å². The summed E-state index contributed by atoms with van der Waals surface area (Å²) >= 11 is 0. The van der Waals surface area contributed by atoms with Crippen LogP contribution in [-0.2, 0) is 6.42 Å². The second-order valence-corrected chi connectivity index (χ2v) is 5.25. The highest BCUT2D eigenvalue weighted by molar-refractivity contribution is 6.03. The Morgan fingerprint density at radius 2 is 2.22 bits per heavy atom. The zero-order valence-corrected chi connectivity index (χ0v) is 11.5. The van der Waals surface area contributed by atoms with Crippen LogP contribution in [0.5, 0.6) is 0 Å². The smallest absolute Gasteiger partial charge is 0.182 e. The van der Waals surface area contributed by atoms with Crippen LogP contribution in [0.1, 0.15) is 55.5 Å². The standard InChI is InChI=1S/C16H23NO/c1-3-7-13-8-5-9-14(12-13)15(18)16(4-2)10-6-11-17-16/h5,8-9,12,17H,3-4,6-7,10-11H2,1-2H3. The lowest BCUT2D eigenvalue weighted by Crippen LogP contribution is -2.47. The average molecular weight is 245 g/mol. The van der Waals surface area contributed by atoms with E-state index in [1.54, 1.807) is 0 Å². The molecule has 1 aromatic rings. The van der Waals surface area contributed by atoms with Gasteiger partial charge >= 0.3 is 0 Å². The van der Waals surface area contributed by atoms with Gasteiger partial charge in [-0.1, -0.05) is 38.5 Å².